The first-order valence-electron chi connectivity index (χ1n) is 7.65. The minimum Gasteiger partial charge on any atom is -0.493 e. The van der Waals surface area contributed by atoms with Crippen molar-refractivity contribution >= 4 is 11.7 Å². The Bertz CT molecular complexity index is 862. The molecule has 0 fully saturated rings. The van der Waals surface area contributed by atoms with Gasteiger partial charge in [0, 0.05) is 30.2 Å². The molecule has 0 radical (unpaired) electrons. The van der Waals surface area contributed by atoms with Crippen LogP contribution in [0.2, 0.25) is 0 Å². The fourth-order valence-corrected chi connectivity index (χ4v) is 2.36. The average molecular weight is 338 g/mol. The van der Waals surface area contributed by atoms with Crippen LogP contribution in [0.3, 0.4) is 0 Å². The summed E-state index contributed by atoms with van der Waals surface area (Å²) in [5.74, 6) is 1.28. The molecule has 0 aliphatic rings. The van der Waals surface area contributed by atoms with Gasteiger partial charge in [-0.2, -0.15) is 5.10 Å². The zero-order valence-corrected chi connectivity index (χ0v) is 14.0. The van der Waals surface area contributed by atoms with E-state index in [1.807, 2.05) is 18.3 Å². The summed E-state index contributed by atoms with van der Waals surface area (Å²) >= 11 is 0. The van der Waals surface area contributed by atoms with Crippen molar-refractivity contribution in [3.63, 3.8) is 0 Å². The Morgan fingerprint density at radius 1 is 1.08 bits per heavy atom. The number of amides is 1. The van der Waals surface area contributed by atoms with Crippen molar-refractivity contribution in [3.05, 3.63) is 66.1 Å². The predicted molar refractivity (Wildman–Crippen MR) is 93.1 cm³/mol. The highest BCUT2D eigenvalue weighted by Crippen LogP contribution is 2.27. The van der Waals surface area contributed by atoms with Gasteiger partial charge in [0.25, 0.3) is 5.91 Å². The number of nitrogens with one attached hydrogen (secondary N) is 1. The van der Waals surface area contributed by atoms with Gasteiger partial charge in [0.1, 0.15) is 0 Å². The number of hydrogen-bond donors (Lipinski definition) is 1. The highest BCUT2D eigenvalue weighted by molar-refractivity contribution is 6.04. The maximum absolute atomic E-state index is 12.4. The molecule has 3 rings (SSSR count). The Morgan fingerprint density at radius 3 is 2.56 bits per heavy atom. The van der Waals surface area contributed by atoms with Gasteiger partial charge in [0.2, 0.25) is 0 Å². The molecule has 0 aliphatic heterocycles. The van der Waals surface area contributed by atoms with Gasteiger partial charge < -0.3 is 14.8 Å². The maximum Gasteiger partial charge on any atom is 0.257 e. The number of aromatic nitrogens is 3. The van der Waals surface area contributed by atoms with Crippen LogP contribution in [-0.2, 0) is 6.54 Å². The Morgan fingerprint density at radius 2 is 1.84 bits per heavy atom. The summed E-state index contributed by atoms with van der Waals surface area (Å²) in [6.07, 6.45) is 5.28. The number of methoxy groups -OCH3 is 2. The number of ether oxygens (including phenoxy) is 2. The molecule has 1 amide bonds. The monoisotopic (exact) mass is 338 g/mol. The Hall–Kier alpha value is -3.35. The van der Waals surface area contributed by atoms with E-state index < -0.39 is 0 Å². The SMILES string of the molecule is COc1ccc(C(=O)Nc2ccn(Cc3ccncc3)n2)cc1OC. The topological polar surface area (TPSA) is 78.3 Å². The van der Waals surface area contributed by atoms with Crippen LogP contribution in [0, 0.1) is 0 Å². The molecule has 25 heavy (non-hydrogen) atoms. The number of anilines is 1. The Balaban J connectivity index is 1.69. The van der Waals surface area contributed by atoms with Crippen molar-refractivity contribution in [2.75, 3.05) is 19.5 Å². The first-order valence-corrected chi connectivity index (χ1v) is 7.65. The van der Waals surface area contributed by atoms with Crippen LogP contribution in [0.5, 0.6) is 11.5 Å². The quantitative estimate of drug-likeness (QED) is 0.747. The van der Waals surface area contributed by atoms with E-state index in [4.69, 9.17) is 9.47 Å². The molecule has 0 spiro atoms. The van der Waals surface area contributed by atoms with Gasteiger partial charge in [-0.15, -0.1) is 0 Å². The molecule has 1 aromatic carbocycles. The van der Waals surface area contributed by atoms with Gasteiger partial charge in [0.05, 0.1) is 20.8 Å². The zero-order valence-electron chi connectivity index (χ0n) is 14.0. The largest absolute Gasteiger partial charge is 0.493 e. The summed E-state index contributed by atoms with van der Waals surface area (Å²) in [6, 6.07) is 10.6. The van der Waals surface area contributed by atoms with Gasteiger partial charge in [-0.05, 0) is 35.9 Å². The minimum atomic E-state index is -0.268. The molecule has 7 heteroatoms. The summed E-state index contributed by atoms with van der Waals surface area (Å²) in [4.78, 5) is 16.4. The number of pyridine rings is 1. The van der Waals surface area contributed by atoms with Crippen LogP contribution in [0.15, 0.2) is 55.0 Å². The molecular weight excluding hydrogens is 320 g/mol. The van der Waals surface area contributed by atoms with Crippen LogP contribution in [0.4, 0.5) is 5.82 Å². The fourth-order valence-electron chi connectivity index (χ4n) is 2.36. The van der Waals surface area contributed by atoms with Gasteiger partial charge in [0.15, 0.2) is 17.3 Å². The van der Waals surface area contributed by atoms with Gasteiger partial charge in [-0.1, -0.05) is 0 Å². The van der Waals surface area contributed by atoms with Crippen LogP contribution in [-0.4, -0.2) is 34.9 Å². The third kappa shape index (κ3) is 3.95. The van der Waals surface area contributed by atoms with Crippen LogP contribution >= 0.6 is 0 Å². The fraction of sp³-hybridized carbons (Fsp3) is 0.167. The molecule has 0 unspecified atom stereocenters. The first kappa shape index (κ1) is 16.5. The van der Waals surface area contributed by atoms with Gasteiger partial charge in [-0.25, -0.2) is 0 Å². The van der Waals surface area contributed by atoms with E-state index in [2.05, 4.69) is 15.4 Å². The van der Waals surface area contributed by atoms with E-state index in [-0.39, 0.29) is 5.91 Å². The molecule has 0 saturated heterocycles. The third-order valence-corrected chi connectivity index (χ3v) is 3.62. The molecule has 2 aromatic heterocycles. The lowest BCUT2D eigenvalue weighted by Crippen LogP contribution is -2.13. The lowest BCUT2D eigenvalue weighted by molar-refractivity contribution is 0.102. The second kappa shape index (κ2) is 7.48. The third-order valence-electron chi connectivity index (χ3n) is 3.62. The molecular formula is C18H18N4O3. The van der Waals surface area contributed by atoms with Crippen molar-refractivity contribution in [3.8, 4) is 11.5 Å². The van der Waals surface area contributed by atoms with Gasteiger partial charge >= 0.3 is 0 Å². The molecule has 0 atom stereocenters. The van der Waals surface area contributed by atoms with E-state index in [1.54, 1.807) is 48.5 Å². The summed E-state index contributed by atoms with van der Waals surface area (Å²) < 4.78 is 12.1. The summed E-state index contributed by atoms with van der Waals surface area (Å²) in [5.41, 5.74) is 1.54. The normalized spacial score (nSPS) is 10.3. The van der Waals surface area contributed by atoms with Gasteiger partial charge in [-0.3, -0.25) is 14.5 Å². The number of hydrogen-bond acceptors (Lipinski definition) is 5. The van der Waals surface area contributed by atoms with Crippen molar-refractivity contribution in [1.82, 2.24) is 14.8 Å². The van der Waals surface area contributed by atoms with Crippen molar-refractivity contribution < 1.29 is 14.3 Å². The number of nitrogens with zero attached hydrogens (tertiary/aromatic N) is 3. The Kier molecular flexibility index (Phi) is 4.94. The van der Waals surface area contributed by atoms with Crippen molar-refractivity contribution in [2.24, 2.45) is 0 Å². The highest BCUT2D eigenvalue weighted by Gasteiger charge is 2.12. The van der Waals surface area contributed by atoms with E-state index in [0.717, 1.165) is 5.56 Å². The molecule has 0 saturated carbocycles. The second-order valence-corrected chi connectivity index (χ2v) is 5.28. The second-order valence-electron chi connectivity index (χ2n) is 5.28. The smallest absolute Gasteiger partial charge is 0.257 e. The number of benzene rings is 1. The average Bonchev–Trinajstić information content (AvgIpc) is 3.08. The molecule has 0 bridgehead atoms. The summed E-state index contributed by atoms with van der Waals surface area (Å²) in [6.45, 7) is 0.606. The van der Waals surface area contributed by atoms with E-state index >= 15 is 0 Å². The maximum atomic E-state index is 12.4. The predicted octanol–water partition coefficient (Wildman–Crippen LogP) is 2.60. The van der Waals surface area contributed by atoms with Crippen LogP contribution < -0.4 is 14.8 Å². The highest BCUT2D eigenvalue weighted by atomic mass is 16.5. The standard InChI is InChI=1S/C18H18N4O3/c1-24-15-4-3-14(11-16(15)25-2)18(23)20-17-7-10-22(21-17)12-13-5-8-19-9-6-13/h3-11H,12H2,1-2H3,(H,20,21,23). The van der Waals surface area contributed by atoms with Crippen LogP contribution in [0.1, 0.15) is 15.9 Å². The van der Waals surface area contributed by atoms with Crippen LogP contribution in [0.25, 0.3) is 0 Å². The molecule has 0 aliphatic carbocycles. The van der Waals surface area contributed by atoms with Crippen molar-refractivity contribution in [2.45, 2.75) is 6.54 Å². The molecule has 1 N–H and O–H groups in total. The van der Waals surface area contributed by atoms with E-state index in [1.165, 1.54) is 7.11 Å². The molecule has 3 aromatic rings. The number of carbonyl (C=O) groups is 1. The lowest BCUT2D eigenvalue weighted by Gasteiger charge is -2.09. The minimum absolute atomic E-state index is 0.268. The molecule has 2 heterocycles. The first-order chi connectivity index (χ1) is 12.2. The molecule has 7 nitrogen and oxygen atoms in total. The van der Waals surface area contributed by atoms with E-state index in [0.29, 0.717) is 29.4 Å². The summed E-state index contributed by atoms with van der Waals surface area (Å²) in [7, 11) is 3.08. The number of carbonyl (C=O) groups excluding carboxylic acids is 1. The summed E-state index contributed by atoms with van der Waals surface area (Å²) in [5, 5.41) is 7.13. The van der Waals surface area contributed by atoms with E-state index in [9.17, 15) is 4.79 Å². The Labute approximate surface area is 145 Å². The molecule has 128 valence electrons. The zero-order chi connectivity index (χ0) is 17.6. The lowest BCUT2D eigenvalue weighted by atomic mass is 10.2. The van der Waals surface area contributed by atoms with Crippen molar-refractivity contribution in [1.29, 1.82) is 0 Å². The number of rotatable bonds is 6.